The summed E-state index contributed by atoms with van der Waals surface area (Å²) >= 11 is 7.42. The second-order valence-electron chi connectivity index (χ2n) is 8.76. The first-order chi connectivity index (χ1) is 17.8. The van der Waals surface area contributed by atoms with E-state index in [1.165, 1.54) is 16.2 Å². The number of halogens is 1. The summed E-state index contributed by atoms with van der Waals surface area (Å²) < 4.78 is 6.38. The van der Waals surface area contributed by atoms with Crippen molar-refractivity contribution in [1.82, 2.24) is 4.98 Å². The highest BCUT2D eigenvalue weighted by atomic mass is 35.5. The van der Waals surface area contributed by atoms with Gasteiger partial charge in [0.15, 0.2) is 5.13 Å². The lowest BCUT2D eigenvalue weighted by Gasteiger charge is -2.23. The third-order valence-corrected chi connectivity index (χ3v) is 7.45. The van der Waals surface area contributed by atoms with Crippen LogP contribution in [-0.2, 0) is 9.59 Å². The molecule has 1 aliphatic rings. The Morgan fingerprint density at radius 3 is 2.62 bits per heavy atom. The fourth-order valence-electron chi connectivity index (χ4n) is 4.37. The summed E-state index contributed by atoms with van der Waals surface area (Å²) in [4.78, 5) is 32.9. The van der Waals surface area contributed by atoms with Crippen molar-refractivity contribution < 1.29 is 19.4 Å². The minimum atomic E-state index is -0.885. The number of hydrogen-bond donors (Lipinski definition) is 1. The number of nitrogens with zero attached hydrogens (tertiary/aromatic N) is 2. The number of Topliss-reactive ketones (excluding diaryl/α,β-unsaturated/α-hetero) is 1. The third kappa shape index (κ3) is 4.52. The molecule has 8 heteroatoms. The highest BCUT2D eigenvalue weighted by Crippen LogP contribution is 2.45. The zero-order chi connectivity index (χ0) is 26.3. The number of carbonyl (C=O) groups excluding carboxylic acids is 2. The van der Waals surface area contributed by atoms with Crippen molar-refractivity contribution in [3.05, 3.63) is 106 Å². The van der Waals surface area contributed by atoms with Crippen molar-refractivity contribution in [2.75, 3.05) is 11.5 Å². The number of aliphatic hydroxyl groups excluding tert-OH is 1. The molecule has 1 N–H and O–H groups in total. The van der Waals surface area contributed by atoms with Gasteiger partial charge in [0.25, 0.3) is 5.78 Å². The maximum absolute atomic E-state index is 13.5. The Balaban J connectivity index is 1.71. The lowest BCUT2D eigenvalue weighted by atomic mass is 9.93. The minimum Gasteiger partial charge on any atom is -0.507 e. The van der Waals surface area contributed by atoms with Crippen molar-refractivity contribution in [1.29, 1.82) is 0 Å². The molecule has 1 fully saturated rings. The van der Waals surface area contributed by atoms with Gasteiger partial charge in [-0.15, -0.1) is 0 Å². The number of rotatable bonds is 6. The molecule has 1 aliphatic heterocycles. The fraction of sp³-hybridized carbons (Fsp3) is 0.138. The van der Waals surface area contributed by atoms with E-state index in [0.717, 1.165) is 15.8 Å². The number of hydrogen-bond acceptors (Lipinski definition) is 6. The van der Waals surface area contributed by atoms with Gasteiger partial charge in [-0.05, 0) is 61.4 Å². The van der Waals surface area contributed by atoms with Gasteiger partial charge in [-0.3, -0.25) is 14.5 Å². The Kier molecular flexibility index (Phi) is 6.58. The van der Waals surface area contributed by atoms with Crippen LogP contribution in [0.1, 0.15) is 28.3 Å². The van der Waals surface area contributed by atoms with Crippen LogP contribution < -0.4 is 9.64 Å². The van der Waals surface area contributed by atoms with Gasteiger partial charge >= 0.3 is 5.91 Å². The fourth-order valence-corrected chi connectivity index (χ4v) is 5.64. The normalized spacial score (nSPS) is 16.9. The van der Waals surface area contributed by atoms with Crippen molar-refractivity contribution >= 4 is 55.7 Å². The molecule has 3 aromatic carbocycles. The number of ketones is 1. The summed E-state index contributed by atoms with van der Waals surface area (Å²) in [5.41, 5.74) is 3.52. The molecule has 0 saturated carbocycles. The van der Waals surface area contributed by atoms with E-state index in [2.05, 4.69) is 11.6 Å². The predicted molar refractivity (Wildman–Crippen MR) is 147 cm³/mol. The van der Waals surface area contributed by atoms with Crippen LogP contribution in [0.5, 0.6) is 5.75 Å². The zero-order valence-corrected chi connectivity index (χ0v) is 21.8. The van der Waals surface area contributed by atoms with Gasteiger partial charge in [0.05, 0.1) is 21.8 Å². The molecule has 0 aliphatic carbocycles. The molecule has 1 unspecified atom stereocenters. The van der Waals surface area contributed by atoms with Crippen LogP contribution in [-0.4, -0.2) is 28.4 Å². The van der Waals surface area contributed by atoms with Crippen LogP contribution in [0.3, 0.4) is 0 Å². The lowest BCUT2D eigenvalue weighted by Crippen LogP contribution is -2.29. The van der Waals surface area contributed by atoms with Gasteiger partial charge in [-0.2, -0.15) is 0 Å². The van der Waals surface area contributed by atoms with E-state index in [0.29, 0.717) is 39.2 Å². The Labute approximate surface area is 223 Å². The van der Waals surface area contributed by atoms with Gasteiger partial charge < -0.3 is 9.84 Å². The van der Waals surface area contributed by atoms with Gasteiger partial charge in [0, 0.05) is 10.6 Å². The summed E-state index contributed by atoms with van der Waals surface area (Å²) in [5.74, 6) is -1.13. The number of carbonyl (C=O) groups is 2. The van der Waals surface area contributed by atoms with Crippen LogP contribution in [0.15, 0.2) is 78.9 Å². The average molecular weight is 531 g/mol. The molecular weight excluding hydrogens is 508 g/mol. The topological polar surface area (TPSA) is 79.7 Å². The molecule has 1 aromatic heterocycles. The SMILES string of the molecule is C=CCOc1ccc(C2/C(=C(\O)c3cc(C)ccc3C)C(=O)C(=O)N2c2nc3ccc(Cl)cc3s2)cc1. The number of aryl methyl sites for hydroxylation is 2. The summed E-state index contributed by atoms with van der Waals surface area (Å²) in [6.45, 7) is 7.76. The van der Waals surface area contributed by atoms with E-state index in [1.54, 1.807) is 54.6 Å². The van der Waals surface area contributed by atoms with E-state index in [9.17, 15) is 14.7 Å². The molecule has 37 heavy (non-hydrogen) atoms. The summed E-state index contributed by atoms with van der Waals surface area (Å²) in [6, 6.07) is 17.1. The monoisotopic (exact) mass is 530 g/mol. The second-order valence-corrected chi connectivity index (χ2v) is 10.2. The Morgan fingerprint density at radius 2 is 1.89 bits per heavy atom. The predicted octanol–water partition coefficient (Wildman–Crippen LogP) is 6.76. The Morgan fingerprint density at radius 1 is 1.14 bits per heavy atom. The largest absolute Gasteiger partial charge is 0.507 e. The summed E-state index contributed by atoms with van der Waals surface area (Å²) in [7, 11) is 0. The lowest BCUT2D eigenvalue weighted by molar-refractivity contribution is -0.132. The van der Waals surface area contributed by atoms with Crippen LogP contribution in [0, 0.1) is 13.8 Å². The average Bonchev–Trinajstić information content (AvgIpc) is 3.41. The number of ether oxygens (including phenoxy) is 1. The highest BCUT2D eigenvalue weighted by molar-refractivity contribution is 7.22. The molecule has 1 amide bonds. The number of anilines is 1. The quantitative estimate of drug-likeness (QED) is 0.129. The number of fused-ring (bicyclic) bond motifs is 1. The highest BCUT2D eigenvalue weighted by Gasteiger charge is 2.48. The van der Waals surface area contributed by atoms with E-state index >= 15 is 0 Å². The zero-order valence-electron chi connectivity index (χ0n) is 20.2. The Hall–Kier alpha value is -3.94. The van der Waals surface area contributed by atoms with E-state index in [4.69, 9.17) is 16.3 Å². The molecule has 5 rings (SSSR count). The molecule has 186 valence electrons. The van der Waals surface area contributed by atoms with Crippen molar-refractivity contribution in [3.63, 3.8) is 0 Å². The molecule has 0 bridgehead atoms. The molecule has 1 atom stereocenters. The first kappa shape index (κ1) is 24.7. The molecule has 6 nitrogen and oxygen atoms in total. The first-order valence-electron chi connectivity index (χ1n) is 11.6. The minimum absolute atomic E-state index is 0.00995. The van der Waals surface area contributed by atoms with Gasteiger partial charge in [0.2, 0.25) is 0 Å². The number of aliphatic hydroxyl groups is 1. The Bertz CT molecular complexity index is 1590. The van der Waals surface area contributed by atoms with Crippen LogP contribution in [0.25, 0.3) is 16.0 Å². The van der Waals surface area contributed by atoms with Gasteiger partial charge in [-0.1, -0.05) is 65.4 Å². The number of benzene rings is 3. The number of thiazole rings is 1. The molecule has 0 radical (unpaired) electrons. The number of aromatic nitrogens is 1. The van der Waals surface area contributed by atoms with Gasteiger partial charge in [-0.25, -0.2) is 4.98 Å². The van der Waals surface area contributed by atoms with Gasteiger partial charge in [0.1, 0.15) is 18.1 Å². The standard InChI is InChI=1S/C29H23ClN2O4S/c1-4-13-36-20-10-7-18(8-11-20)25-24(26(33)21-14-16(2)5-6-17(21)3)27(34)28(35)32(25)29-31-22-12-9-19(30)15-23(22)37-29/h4-12,14-15,25,33H,1,13H2,2-3H3/b26-24+. The van der Waals surface area contributed by atoms with E-state index in [1.807, 2.05) is 26.0 Å². The van der Waals surface area contributed by atoms with E-state index < -0.39 is 17.7 Å². The van der Waals surface area contributed by atoms with Crippen molar-refractivity contribution in [3.8, 4) is 5.75 Å². The smallest absolute Gasteiger partial charge is 0.301 e. The summed E-state index contributed by atoms with van der Waals surface area (Å²) in [5, 5.41) is 12.4. The molecule has 4 aromatic rings. The molecular formula is C29H23ClN2O4S. The molecule has 1 saturated heterocycles. The van der Waals surface area contributed by atoms with Crippen LogP contribution in [0.2, 0.25) is 5.02 Å². The number of amides is 1. The van der Waals surface area contributed by atoms with Crippen molar-refractivity contribution in [2.45, 2.75) is 19.9 Å². The maximum atomic E-state index is 13.5. The van der Waals surface area contributed by atoms with Crippen LogP contribution in [0.4, 0.5) is 5.13 Å². The second kappa shape index (κ2) is 9.84. The van der Waals surface area contributed by atoms with Crippen LogP contribution >= 0.6 is 22.9 Å². The summed E-state index contributed by atoms with van der Waals surface area (Å²) in [6.07, 6.45) is 1.65. The maximum Gasteiger partial charge on any atom is 0.301 e. The molecule has 0 spiro atoms. The third-order valence-electron chi connectivity index (χ3n) is 6.20. The first-order valence-corrected chi connectivity index (χ1v) is 12.8. The van der Waals surface area contributed by atoms with E-state index in [-0.39, 0.29) is 11.3 Å². The molecule has 2 heterocycles. The van der Waals surface area contributed by atoms with Crippen molar-refractivity contribution in [2.24, 2.45) is 0 Å².